The highest BCUT2D eigenvalue weighted by Crippen LogP contribution is 2.22. The Morgan fingerprint density at radius 1 is 1.27 bits per heavy atom. The Balaban J connectivity index is 1.88. The Morgan fingerprint density at radius 2 is 2.09 bits per heavy atom. The second-order valence-corrected chi connectivity index (χ2v) is 3.77. The first-order chi connectivity index (χ1) is 5.38. The van der Waals surface area contributed by atoms with Gasteiger partial charge in [-0.15, -0.1) is 0 Å². The van der Waals surface area contributed by atoms with Crippen LogP contribution in [-0.2, 0) is 4.74 Å². The quantitative estimate of drug-likeness (QED) is 0.565. The van der Waals surface area contributed by atoms with Gasteiger partial charge in [0.15, 0.2) is 0 Å². The molecule has 2 rings (SSSR count). The molecule has 2 saturated heterocycles. The molecule has 0 aromatic heterocycles. The van der Waals surface area contributed by atoms with Crippen molar-refractivity contribution in [1.29, 1.82) is 0 Å². The van der Waals surface area contributed by atoms with Crippen LogP contribution >= 0.6 is 0 Å². The molecule has 0 aromatic rings. The molecule has 0 aromatic carbocycles. The van der Waals surface area contributed by atoms with E-state index >= 15 is 0 Å². The Bertz CT molecular complexity index is 132. The van der Waals surface area contributed by atoms with Crippen molar-refractivity contribution in [3.05, 3.63) is 0 Å². The third-order valence-electron chi connectivity index (χ3n) is 2.94. The molecule has 64 valence electrons. The normalized spacial score (nSPS) is 35.2. The maximum absolute atomic E-state index is 5.19. The van der Waals surface area contributed by atoms with Crippen molar-refractivity contribution in [2.24, 2.45) is 0 Å². The summed E-state index contributed by atoms with van der Waals surface area (Å²) in [4.78, 5) is 2.62. The monoisotopic (exact) mass is 155 g/mol. The average molecular weight is 155 g/mol. The van der Waals surface area contributed by atoms with E-state index in [0.717, 1.165) is 25.3 Å². The molecule has 11 heavy (non-hydrogen) atoms. The number of hydrogen-bond donors (Lipinski definition) is 0. The minimum absolute atomic E-state index is 0.755. The summed E-state index contributed by atoms with van der Waals surface area (Å²) in [5.74, 6) is 0. The SMILES string of the molecule is C[C@@H]1CCCCN1C1COC1. The van der Waals surface area contributed by atoms with Gasteiger partial charge in [0, 0.05) is 6.04 Å². The standard InChI is InChI=1S/C9H17NO/c1-8-4-2-3-5-10(8)9-6-11-7-9/h8-9H,2-7H2,1H3/t8-/m1/s1. The molecular weight excluding hydrogens is 138 g/mol. The van der Waals surface area contributed by atoms with Crippen LogP contribution in [0.1, 0.15) is 26.2 Å². The lowest BCUT2D eigenvalue weighted by Gasteiger charge is -2.43. The molecule has 2 nitrogen and oxygen atoms in total. The second kappa shape index (κ2) is 3.11. The predicted octanol–water partition coefficient (Wildman–Crippen LogP) is 1.26. The Kier molecular flexibility index (Phi) is 2.14. The van der Waals surface area contributed by atoms with Gasteiger partial charge in [-0.25, -0.2) is 0 Å². The third-order valence-corrected chi connectivity index (χ3v) is 2.94. The van der Waals surface area contributed by atoms with E-state index in [-0.39, 0.29) is 0 Å². The first kappa shape index (κ1) is 7.56. The molecule has 0 spiro atoms. The van der Waals surface area contributed by atoms with Gasteiger partial charge in [-0.1, -0.05) is 6.42 Å². The first-order valence-electron chi connectivity index (χ1n) is 4.71. The topological polar surface area (TPSA) is 12.5 Å². The summed E-state index contributed by atoms with van der Waals surface area (Å²) in [6, 6.07) is 1.56. The van der Waals surface area contributed by atoms with E-state index < -0.39 is 0 Å². The maximum Gasteiger partial charge on any atom is 0.0645 e. The van der Waals surface area contributed by atoms with Gasteiger partial charge in [0.1, 0.15) is 0 Å². The molecule has 2 aliphatic rings. The minimum Gasteiger partial charge on any atom is -0.378 e. The number of nitrogens with zero attached hydrogens (tertiary/aromatic N) is 1. The highest BCUT2D eigenvalue weighted by molar-refractivity contribution is 4.83. The second-order valence-electron chi connectivity index (χ2n) is 3.77. The Hall–Kier alpha value is -0.0800. The van der Waals surface area contributed by atoms with Gasteiger partial charge in [0.2, 0.25) is 0 Å². The van der Waals surface area contributed by atoms with E-state index in [2.05, 4.69) is 11.8 Å². The molecule has 0 bridgehead atoms. The molecule has 0 N–H and O–H groups in total. The summed E-state index contributed by atoms with van der Waals surface area (Å²) < 4.78 is 5.19. The lowest BCUT2D eigenvalue weighted by molar-refractivity contribution is -0.0843. The van der Waals surface area contributed by atoms with Crippen LogP contribution in [0.15, 0.2) is 0 Å². The van der Waals surface area contributed by atoms with Gasteiger partial charge in [-0.05, 0) is 26.3 Å². The zero-order valence-electron chi connectivity index (χ0n) is 7.25. The summed E-state index contributed by atoms with van der Waals surface area (Å²) in [7, 11) is 0. The van der Waals surface area contributed by atoms with Crippen molar-refractivity contribution in [3.63, 3.8) is 0 Å². The Morgan fingerprint density at radius 3 is 2.64 bits per heavy atom. The fourth-order valence-corrected chi connectivity index (χ4v) is 2.08. The molecule has 2 fully saturated rings. The van der Waals surface area contributed by atoms with Crippen molar-refractivity contribution in [3.8, 4) is 0 Å². The highest BCUT2D eigenvalue weighted by atomic mass is 16.5. The number of piperidine rings is 1. The molecule has 2 heterocycles. The number of hydrogen-bond acceptors (Lipinski definition) is 2. The van der Waals surface area contributed by atoms with Crippen LogP contribution in [0.25, 0.3) is 0 Å². The van der Waals surface area contributed by atoms with Gasteiger partial charge in [0.25, 0.3) is 0 Å². The molecule has 0 unspecified atom stereocenters. The van der Waals surface area contributed by atoms with Crippen LogP contribution in [-0.4, -0.2) is 36.7 Å². The summed E-state index contributed by atoms with van der Waals surface area (Å²) in [5, 5.41) is 0. The van der Waals surface area contributed by atoms with Crippen LogP contribution < -0.4 is 0 Å². The molecule has 0 saturated carbocycles. The zero-order valence-corrected chi connectivity index (χ0v) is 7.25. The van der Waals surface area contributed by atoms with E-state index in [1.807, 2.05) is 0 Å². The summed E-state index contributed by atoms with van der Waals surface area (Å²) in [5.41, 5.74) is 0. The fourth-order valence-electron chi connectivity index (χ4n) is 2.08. The van der Waals surface area contributed by atoms with E-state index in [9.17, 15) is 0 Å². The smallest absolute Gasteiger partial charge is 0.0645 e. The third kappa shape index (κ3) is 1.42. The first-order valence-corrected chi connectivity index (χ1v) is 4.71. The molecule has 0 radical (unpaired) electrons. The molecule has 0 amide bonds. The van der Waals surface area contributed by atoms with Crippen LogP contribution in [0.2, 0.25) is 0 Å². The molecular formula is C9H17NO. The molecule has 0 aliphatic carbocycles. The van der Waals surface area contributed by atoms with Gasteiger partial charge in [-0.2, -0.15) is 0 Å². The van der Waals surface area contributed by atoms with Gasteiger partial charge in [-0.3, -0.25) is 4.90 Å². The van der Waals surface area contributed by atoms with Crippen LogP contribution in [0, 0.1) is 0 Å². The zero-order chi connectivity index (χ0) is 7.68. The van der Waals surface area contributed by atoms with Gasteiger partial charge in [0.05, 0.1) is 19.3 Å². The van der Waals surface area contributed by atoms with Gasteiger partial charge < -0.3 is 4.74 Å². The Labute approximate surface area is 68.5 Å². The van der Waals surface area contributed by atoms with Crippen molar-refractivity contribution >= 4 is 0 Å². The molecule has 2 heteroatoms. The van der Waals surface area contributed by atoms with Gasteiger partial charge >= 0.3 is 0 Å². The van der Waals surface area contributed by atoms with E-state index in [0.29, 0.717) is 0 Å². The van der Waals surface area contributed by atoms with E-state index in [1.165, 1.54) is 25.8 Å². The maximum atomic E-state index is 5.19. The summed E-state index contributed by atoms with van der Waals surface area (Å²) >= 11 is 0. The predicted molar refractivity (Wildman–Crippen MR) is 44.6 cm³/mol. The van der Waals surface area contributed by atoms with Crippen LogP contribution in [0.4, 0.5) is 0 Å². The van der Waals surface area contributed by atoms with Crippen molar-refractivity contribution in [1.82, 2.24) is 4.90 Å². The minimum atomic E-state index is 0.755. The van der Waals surface area contributed by atoms with E-state index in [4.69, 9.17) is 4.74 Å². The van der Waals surface area contributed by atoms with Crippen LogP contribution in [0.3, 0.4) is 0 Å². The number of rotatable bonds is 1. The van der Waals surface area contributed by atoms with Crippen LogP contribution in [0.5, 0.6) is 0 Å². The summed E-state index contributed by atoms with van der Waals surface area (Å²) in [6.45, 7) is 5.60. The summed E-state index contributed by atoms with van der Waals surface area (Å²) in [6.07, 6.45) is 4.20. The largest absolute Gasteiger partial charge is 0.378 e. The lowest BCUT2D eigenvalue weighted by Crippen LogP contribution is -2.54. The number of ether oxygens (including phenoxy) is 1. The fraction of sp³-hybridized carbons (Fsp3) is 1.00. The highest BCUT2D eigenvalue weighted by Gasteiger charge is 2.30. The molecule has 2 aliphatic heterocycles. The van der Waals surface area contributed by atoms with Crippen molar-refractivity contribution < 1.29 is 4.74 Å². The van der Waals surface area contributed by atoms with Crippen molar-refractivity contribution in [2.75, 3.05) is 19.8 Å². The average Bonchev–Trinajstić information content (AvgIpc) is 1.90. The van der Waals surface area contributed by atoms with Crippen molar-refractivity contribution in [2.45, 2.75) is 38.3 Å². The number of likely N-dealkylation sites (tertiary alicyclic amines) is 1. The lowest BCUT2D eigenvalue weighted by atomic mass is 10.0. The molecule has 1 atom stereocenters. The van der Waals surface area contributed by atoms with E-state index in [1.54, 1.807) is 0 Å².